The van der Waals surface area contributed by atoms with Crippen LogP contribution in [0.15, 0.2) is 48.5 Å². The first kappa shape index (κ1) is 11.3. The lowest BCUT2D eigenvalue weighted by atomic mass is 9.95. The molecule has 2 aromatic rings. The Bertz CT molecular complexity index is 593. The number of carbonyl (C=O) groups excluding carboxylic acids is 1. The van der Waals surface area contributed by atoms with Crippen LogP contribution in [0, 0.1) is 0 Å². The SMILES string of the molecule is O=C1OC(c2ccccc2)Cc2cccc(Cl)c21. The molecule has 0 aliphatic carbocycles. The molecule has 90 valence electrons. The smallest absolute Gasteiger partial charge is 0.340 e. The number of hydrogen-bond acceptors (Lipinski definition) is 2. The highest BCUT2D eigenvalue weighted by atomic mass is 35.5. The largest absolute Gasteiger partial charge is 0.453 e. The molecular formula is C15H11ClO2. The zero-order valence-electron chi connectivity index (χ0n) is 9.60. The molecule has 1 heterocycles. The van der Waals surface area contributed by atoms with Gasteiger partial charge in [-0.3, -0.25) is 0 Å². The van der Waals surface area contributed by atoms with Gasteiger partial charge in [-0.05, 0) is 17.2 Å². The molecule has 1 atom stereocenters. The molecule has 0 spiro atoms. The minimum absolute atomic E-state index is 0.218. The highest BCUT2D eigenvalue weighted by molar-refractivity contribution is 6.33. The monoisotopic (exact) mass is 258 g/mol. The summed E-state index contributed by atoms with van der Waals surface area (Å²) >= 11 is 6.03. The molecule has 0 saturated carbocycles. The van der Waals surface area contributed by atoms with Gasteiger partial charge in [0, 0.05) is 6.42 Å². The van der Waals surface area contributed by atoms with Crippen molar-refractivity contribution in [3.63, 3.8) is 0 Å². The van der Waals surface area contributed by atoms with Crippen LogP contribution in [0.5, 0.6) is 0 Å². The van der Waals surface area contributed by atoms with Gasteiger partial charge in [-0.15, -0.1) is 0 Å². The number of halogens is 1. The third kappa shape index (κ3) is 1.89. The quantitative estimate of drug-likeness (QED) is 0.728. The lowest BCUT2D eigenvalue weighted by Gasteiger charge is -2.25. The van der Waals surface area contributed by atoms with Crippen LogP contribution in [0.1, 0.15) is 27.6 Å². The number of cyclic esters (lactones) is 1. The van der Waals surface area contributed by atoms with Gasteiger partial charge in [0.05, 0.1) is 10.6 Å². The highest BCUT2D eigenvalue weighted by Gasteiger charge is 2.28. The van der Waals surface area contributed by atoms with E-state index >= 15 is 0 Å². The van der Waals surface area contributed by atoms with Crippen LogP contribution in [0.25, 0.3) is 0 Å². The molecule has 1 aliphatic rings. The maximum atomic E-state index is 12.0. The highest BCUT2D eigenvalue weighted by Crippen LogP contribution is 2.33. The first-order valence-corrected chi connectivity index (χ1v) is 6.17. The standard InChI is InChI=1S/C15H11ClO2/c16-12-8-4-7-11-9-13(18-15(17)14(11)12)10-5-2-1-3-6-10/h1-8,13H,9H2. The molecule has 3 heteroatoms. The van der Waals surface area contributed by atoms with Gasteiger partial charge < -0.3 is 4.74 Å². The van der Waals surface area contributed by atoms with Gasteiger partial charge >= 0.3 is 5.97 Å². The first-order valence-electron chi connectivity index (χ1n) is 5.79. The average Bonchev–Trinajstić information content (AvgIpc) is 2.39. The molecule has 18 heavy (non-hydrogen) atoms. The van der Waals surface area contributed by atoms with Gasteiger partial charge in [0.1, 0.15) is 6.10 Å². The van der Waals surface area contributed by atoms with Gasteiger partial charge in [-0.2, -0.15) is 0 Å². The van der Waals surface area contributed by atoms with E-state index in [0.717, 1.165) is 11.1 Å². The number of benzene rings is 2. The fourth-order valence-electron chi connectivity index (χ4n) is 2.25. The molecule has 0 amide bonds. The molecule has 3 rings (SSSR count). The number of fused-ring (bicyclic) bond motifs is 1. The topological polar surface area (TPSA) is 26.3 Å². The third-order valence-electron chi connectivity index (χ3n) is 3.13. The lowest BCUT2D eigenvalue weighted by molar-refractivity contribution is 0.0253. The second kappa shape index (κ2) is 4.46. The summed E-state index contributed by atoms with van der Waals surface area (Å²) in [7, 11) is 0. The van der Waals surface area contributed by atoms with Crippen LogP contribution in [-0.2, 0) is 11.2 Å². The average molecular weight is 259 g/mol. The molecule has 0 fully saturated rings. The van der Waals surface area contributed by atoms with Gasteiger partial charge in [0.15, 0.2) is 0 Å². The summed E-state index contributed by atoms with van der Waals surface area (Å²) in [4.78, 5) is 12.0. The summed E-state index contributed by atoms with van der Waals surface area (Å²) in [6, 6.07) is 15.3. The van der Waals surface area contributed by atoms with Gasteiger partial charge in [-0.25, -0.2) is 4.79 Å². The maximum Gasteiger partial charge on any atom is 0.340 e. The zero-order chi connectivity index (χ0) is 12.5. The van der Waals surface area contributed by atoms with Crippen molar-refractivity contribution >= 4 is 17.6 Å². The second-order valence-electron chi connectivity index (χ2n) is 4.28. The molecule has 2 nitrogen and oxygen atoms in total. The summed E-state index contributed by atoms with van der Waals surface area (Å²) in [5, 5.41) is 0.462. The fourth-order valence-corrected chi connectivity index (χ4v) is 2.52. The van der Waals surface area contributed by atoms with Crippen LogP contribution in [0.4, 0.5) is 0 Å². The van der Waals surface area contributed by atoms with Crippen molar-refractivity contribution in [3.8, 4) is 0 Å². The van der Waals surface area contributed by atoms with Gasteiger partial charge in [-0.1, -0.05) is 54.1 Å². The molecule has 0 aromatic heterocycles. The zero-order valence-corrected chi connectivity index (χ0v) is 10.4. The van der Waals surface area contributed by atoms with Gasteiger partial charge in [0.25, 0.3) is 0 Å². The molecule has 1 unspecified atom stereocenters. The normalized spacial score (nSPS) is 18.1. The predicted octanol–water partition coefficient (Wildman–Crippen LogP) is 3.79. The minimum Gasteiger partial charge on any atom is -0.453 e. The first-order chi connectivity index (χ1) is 8.75. The number of ether oxygens (including phenoxy) is 1. The van der Waals surface area contributed by atoms with Crippen LogP contribution < -0.4 is 0 Å². The van der Waals surface area contributed by atoms with E-state index in [2.05, 4.69) is 0 Å². The van der Waals surface area contributed by atoms with Gasteiger partial charge in [0.2, 0.25) is 0 Å². The van der Waals surface area contributed by atoms with E-state index in [1.807, 2.05) is 42.5 Å². The van der Waals surface area contributed by atoms with Crippen LogP contribution >= 0.6 is 11.6 Å². The van der Waals surface area contributed by atoms with E-state index in [1.165, 1.54) is 0 Å². The number of rotatable bonds is 1. The number of esters is 1. The summed E-state index contributed by atoms with van der Waals surface area (Å²) in [5.74, 6) is -0.337. The third-order valence-corrected chi connectivity index (χ3v) is 3.44. The molecule has 0 saturated heterocycles. The number of hydrogen-bond donors (Lipinski definition) is 0. The number of carbonyl (C=O) groups is 1. The van der Waals surface area contributed by atoms with Crippen molar-refractivity contribution in [1.82, 2.24) is 0 Å². The van der Waals surface area contributed by atoms with Crippen molar-refractivity contribution in [2.45, 2.75) is 12.5 Å². The molecule has 0 N–H and O–H groups in total. The minimum atomic E-state index is -0.337. The predicted molar refractivity (Wildman–Crippen MR) is 69.8 cm³/mol. The maximum absolute atomic E-state index is 12.0. The Morgan fingerprint density at radius 3 is 2.61 bits per heavy atom. The van der Waals surface area contributed by atoms with Crippen molar-refractivity contribution in [2.24, 2.45) is 0 Å². The van der Waals surface area contributed by atoms with Crippen molar-refractivity contribution in [2.75, 3.05) is 0 Å². The van der Waals surface area contributed by atoms with E-state index < -0.39 is 0 Å². The Balaban J connectivity index is 2.00. The Kier molecular flexibility index (Phi) is 2.80. The molecule has 0 bridgehead atoms. The van der Waals surface area contributed by atoms with Crippen LogP contribution in [0.3, 0.4) is 0 Å². The lowest BCUT2D eigenvalue weighted by Crippen LogP contribution is -2.22. The Labute approximate surface area is 110 Å². The fraction of sp³-hybridized carbons (Fsp3) is 0.133. The van der Waals surface area contributed by atoms with E-state index in [4.69, 9.17) is 16.3 Å². The Hall–Kier alpha value is -1.80. The molecule has 1 aliphatic heterocycles. The second-order valence-corrected chi connectivity index (χ2v) is 4.69. The van der Waals surface area contributed by atoms with E-state index in [0.29, 0.717) is 17.0 Å². The summed E-state index contributed by atoms with van der Waals surface area (Å²) in [6.45, 7) is 0. The molecule has 0 radical (unpaired) electrons. The van der Waals surface area contributed by atoms with Crippen molar-refractivity contribution < 1.29 is 9.53 Å². The van der Waals surface area contributed by atoms with Crippen LogP contribution in [0.2, 0.25) is 5.02 Å². The van der Waals surface area contributed by atoms with E-state index in [9.17, 15) is 4.79 Å². The van der Waals surface area contributed by atoms with Crippen molar-refractivity contribution in [1.29, 1.82) is 0 Å². The van der Waals surface area contributed by atoms with E-state index in [-0.39, 0.29) is 12.1 Å². The summed E-state index contributed by atoms with van der Waals surface area (Å²) in [5.41, 5.74) is 2.47. The summed E-state index contributed by atoms with van der Waals surface area (Å²) in [6.07, 6.45) is 0.454. The Morgan fingerprint density at radius 2 is 1.83 bits per heavy atom. The molecule has 2 aromatic carbocycles. The van der Waals surface area contributed by atoms with Crippen LogP contribution in [-0.4, -0.2) is 5.97 Å². The molecular weight excluding hydrogens is 248 g/mol. The van der Waals surface area contributed by atoms with E-state index in [1.54, 1.807) is 6.07 Å². The van der Waals surface area contributed by atoms with Crippen molar-refractivity contribution in [3.05, 3.63) is 70.2 Å². The Morgan fingerprint density at radius 1 is 1.06 bits per heavy atom. The summed E-state index contributed by atoms with van der Waals surface area (Å²) < 4.78 is 5.46.